The van der Waals surface area contributed by atoms with E-state index in [1.54, 1.807) is 36.4 Å². The zero-order valence-electron chi connectivity index (χ0n) is 14.2. The van der Waals surface area contributed by atoms with Gasteiger partial charge in [0.1, 0.15) is 6.04 Å². The molecule has 1 aliphatic heterocycles. The van der Waals surface area contributed by atoms with E-state index in [9.17, 15) is 13.2 Å². The first-order chi connectivity index (χ1) is 11.9. The maximum absolute atomic E-state index is 13.9. The van der Waals surface area contributed by atoms with Crippen molar-refractivity contribution in [2.24, 2.45) is 0 Å². The molecule has 1 fully saturated rings. The lowest BCUT2D eigenvalue weighted by molar-refractivity contribution is -0.188. The molecule has 3 rings (SSSR count). The Bertz CT molecular complexity index is 708. The molecular formula is C18H20Cl3F3N2S. The SMILES string of the molecule is Cl.Cl.FC(F)(F)[C@H](c1ccccc1Sc1ccc(Cl)cc1)N1CCNCC1. The quantitative estimate of drug-likeness (QED) is 0.618. The second kappa shape index (κ2) is 10.8. The van der Waals surface area contributed by atoms with Gasteiger partial charge in [-0.25, -0.2) is 0 Å². The van der Waals surface area contributed by atoms with Crippen LogP contribution in [-0.2, 0) is 0 Å². The second-order valence-corrected chi connectivity index (χ2v) is 7.38. The molecule has 1 saturated heterocycles. The Kier molecular flexibility index (Phi) is 9.75. The predicted molar refractivity (Wildman–Crippen MR) is 110 cm³/mol. The minimum absolute atomic E-state index is 0. The number of benzene rings is 2. The molecule has 0 bridgehead atoms. The Morgan fingerprint density at radius 3 is 2.15 bits per heavy atom. The molecule has 0 aromatic heterocycles. The Morgan fingerprint density at radius 2 is 1.56 bits per heavy atom. The third kappa shape index (κ3) is 6.44. The highest BCUT2D eigenvalue weighted by Crippen LogP contribution is 2.43. The van der Waals surface area contributed by atoms with Crippen molar-refractivity contribution in [3.8, 4) is 0 Å². The summed E-state index contributed by atoms with van der Waals surface area (Å²) in [5, 5.41) is 3.71. The van der Waals surface area contributed by atoms with Crippen LogP contribution in [0.2, 0.25) is 5.02 Å². The fourth-order valence-electron chi connectivity index (χ4n) is 2.95. The number of piperazine rings is 1. The number of hydrogen-bond acceptors (Lipinski definition) is 3. The molecule has 0 unspecified atom stereocenters. The van der Waals surface area contributed by atoms with Gasteiger partial charge in [-0.2, -0.15) is 13.2 Å². The second-order valence-electron chi connectivity index (χ2n) is 5.82. The molecule has 1 N–H and O–H groups in total. The van der Waals surface area contributed by atoms with E-state index in [1.807, 2.05) is 12.1 Å². The summed E-state index contributed by atoms with van der Waals surface area (Å²) in [6, 6.07) is 12.3. The standard InChI is InChI=1S/C18H18ClF3N2S.2ClH/c19-13-5-7-14(8-6-13)25-16-4-2-1-3-15(16)17(18(20,21)22)24-11-9-23-10-12-24;;/h1-8,17,23H,9-12H2;2*1H/t17-;;/m0../s1. The minimum Gasteiger partial charge on any atom is -0.314 e. The van der Waals surface area contributed by atoms with Crippen molar-refractivity contribution in [2.45, 2.75) is 22.0 Å². The lowest BCUT2D eigenvalue weighted by Crippen LogP contribution is -2.49. The van der Waals surface area contributed by atoms with Crippen molar-refractivity contribution in [1.29, 1.82) is 0 Å². The monoisotopic (exact) mass is 458 g/mol. The smallest absolute Gasteiger partial charge is 0.314 e. The van der Waals surface area contributed by atoms with Gasteiger partial charge in [-0.15, -0.1) is 24.8 Å². The Hall–Kier alpha value is -0.630. The normalized spacial score (nSPS) is 16.1. The third-order valence-electron chi connectivity index (χ3n) is 4.08. The fourth-order valence-corrected chi connectivity index (χ4v) is 4.05. The number of hydrogen-bond donors (Lipinski definition) is 1. The van der Waals surface area contributed by atoms with Gasteiger partial charge < -0.3 is 5.32 Å². The van der Waals surface area contributed by atoms with Gasteiger partial charge in [0.25, 0.3) is 0 Å². The van der Waals surface area contributed by atoms with E-state index >= 15 is 0 Å². The average Bonchev–Trinajstić information content (AvgIpc) is 2.58. The van der Waals surface area contributed by atoms with Crippen molar-refractivity contribution >= 4 is 48.2 Å². The number of halogens is 6. The molecular weight excluding hydrogens is 440 g/mol. The van der Waals surface area contributed by atoms with Crippen molar-refractivity contribution in [3.05, 3.63) is 59.1 Å². The van der Waals surface area contributed by atoms with Crippen LogP contribution in [-0.4, -0.2) is 37.3 Å². The maximum atomic E-state index is 13.9. The van der Waals surface area contributed by atoms with Crippen LogP contribution in [0.3, 0.4) is 0 Å². The van der Waals surface area contributed by atoms with Crippen LogP contribution < -0.4 is 5.32 Å². The third-order valence-corrected chi connectivity index (χ3v) is 5.43. The number of nitrogens with zero attached hydrogens (tertiary/aromatic N) is 1. The van der Waals surface area contributed by atoms with Gasteiger partial charge in [-0.1, -0.05) is 41.6 Å². The van der Waals surface area contributed by atoms with Crippen LogP contribution in [0.1, 0.15) is 11.6 Å². The van der Waals surface area contributed by atoms with Crippen LogP contribution in [0.4, 0.5) is 13.2 Å². The van der Waals surface area contributed by atoms with E-state index in [-0.39, 0.29) is 24.8 Å². The van der Waals surface area contributed by atoms with Crippen LogP contribution in [0.25, 0.3) is 0 Å². The molecule has 2 aromatic carbocycles. The van der Waals surface area contributed by atoms with Crippen LogP contribution in [0.5, 0.6) is 0 Å². The van der Waals surface area contributed by atoms with Gasteiger partial charge in [-0.3, -0.25) is 4.90 Å². The highest BCUT2D eigenvalue weighted by Gasteiger charge is 2.45. The molecule has 27 heavy (non-hydrogen) atoms. The molecule has 1 atom stereocenters. The Balaban J connectivity index is 0.00000182. The zero-order chi connectivity index (χ0) is 17.9. The minimum atomic E-state index is -4.33. The maximum Gasteiger partial charge on any atom is 0.408 e. The van der Waals surface area contributed by atoms with E-state index in [0.717, 1.165) is 4.90 Å². The van der Waals surface area contributed by atoms with Gasteiger partial charge in [-0.05, 0) is 35.9 Å². The molecule has 0 radical (unpaired) electrons. The summed E-state index contributed by atoms with van der Waals surface area (Å²) < 4.78 is 41.6. The van der Waals surface area contributed by atoms with E-state index in [1.165, 1.54) is 16.7 Å². The molecule has 0 aliphatic carbocycles. The average molecular weight is 460 g/mol. The van der Waals surface area contributed by atoms with Gasteiger partial charge in [0.15, 0.2) is 0 Å². The summed E-state index contributed by atoms with van der Waals surface area (Å²) in [6.45, 7) is 1.90. The molecule has 0 spiro atoms. The van der Waals surface area contributed by atoms with Crippen molar-refractivity contribution in [3.63, 3.8) is 0 Å². The lowest BCUT2D eigenvalue weighted by Gasteiger charge is -2.36. The summed E-state index contributed by atoms with van der Waals surface area (Å²) in [5.41, 5.74) is 0.303. The highest BCUT2D eigenvalue weighted by molar-refractivity contribution is 7.99. The van der Waals surface area contributed by atoms with Gasteiger partial charge in [0.05, 0.1) is 0 Å². The van der Waals surface area contributed by atoms with E-state index in [0.29, 0.717) is 41.7 Å². The highest BCUT2D eigenvalue weighted by atomic mass is 35.5. The molecule has 0 saturated carbocycles. The molecule has 2 nitrogen and oxygen atoms in total. The molecule has 0 amide bonds. The van der Waals surface area contributed by atoms with Gasteiger partial charge >= 0.3 is 6.18 Å². The topological polar surface area (TPSA) is 15.3 Å². The van der Waals surface area contributed by atoms with E-state index in [2.05, 4.69) is 5.32 Å². The number of rotatable bonds is 4. The van der Waals surface area contributed by atoms with Gasteiger partial charge in [0, 0.05) is 41.0 Å². The summed E-state index contributed by atoms with van der Waals surface area (Å²) in [7, 11) is 0. The number of alkyl halides is 3. The molecule has 1 heterocycles. The fraction of sp³-hybridized carbons (Fsp3) is 0.333. The lowest BCUT2D eigenvalue weighted by atomic mass is 10.0. The van der Waals surface area contributed by atoms with Crippen molar-refractivity contribution in [1.82, 2.24) is 10.2 Å². The van der Waals surface area contributed by atoms with Crippen LogP contribution >= 0.6 is 48.2 Å². The summed E-state index contributed by atoms with van der Waals surface area (Å²) in [5.74, 6) is 0. The molecule has 2 aromatic rings. The Morgan fingerprint density at radius 1 is 0.963 bits per heavy atom. The largest absolute Gasteiger partial charge is 0.408 e. The first-order valence-corrected chi connectivity index (χ1v) is 9.18. The van der Waals surface area contributed by atoms with Gasteiger partial charge in [0.2, 0.25) is 0 Å². The zero-order valence-corrected chi connectivity index (χ0v) is 17.4. The van der Waals surface area contributed by atoms with Crippen LogP contribution in [0.15, 0.2) is 58.3 Å². The van der Waals surface area contributed by atoms with E-state index < -0.39 is 12.2 Å². The Labute approximate surface area is 178 Å². The van der Waals surface area contributed by atoms with Crippen molar-refractivity contribution in [2.75, 3.05) is 26.2 Å². The van der Waals surface area contributed by atoms with Crippen LogP contribution in [0, 0.1) is 0 Å². The van der Waals surface area contributed by atoms with Crippen molar-refractivity contribution < 1.29 is 13.2 Å². The summed E-state index contributed by atoms with van der Waals surface area (Å²) >= 11 is 7.22. The molecule has 150 valence electrons. The summed E-state index contributed by atoms with van der Waals surface area (Å²) in [6.07, 6.45) is -4.33. The van der Waals surface area contributed by atoms with E-state index in [4.69, 9.17) is 11.6 Å². The summed E-state index contributed by atoms with van der Waals surface area (Å²) in [4.78, 5) is 2.99. The molecule has 1 aliphatic rings. The first-order valence-electron chi connectivity index (χ1n) is 7.99. The molecule has 9 heteroatoms. The predicted octanol–water partition coefficient (Wildman–Crippen LogP) is 5.84. The first kappa shape index (κ1) is 24.4. The number of nitrogens with one attached hydrogen (secondary N) is 1.